The molecule has 0 fully saturated rings. The molecule has 45 valence electrons. The van der Waals surface area contributed by atoms with Gasteiger partial charge in [-0.15, -0.1) is 0 Å². The van der Waals surface area contributed by atoms with Gasteiger partial charge in [0, 0.05) is 0 Å². The van der Waals surface area contributed by atoms with E-state index in [9.17, 15) is 0 Å². The Morgan fingerprint density at radius 2 is 0.500 bits per heavy atom. The molecule has 0 amide bonds. The van der Waals surface area contributed by atoms with E-state index in [4.69, 9.17) is 0 Å². The van der Waals surface area contributed by atoms with Crippen molar-refractivity contribution < 1.29 is 35.9 Å². The molecule has 1 radical (unpaired) electrons. The van der Waals surface area contributed by atoms with Crippen molar-refractivity contribution in [1.29, 1.82) is 0 Å². The maximum Gasteiger partial charge on any atom is 3.00 e. The van der Waals surface area contributed by atoms with Crippen LogP contribution in [-0.2, 0) is 17.1 Å². The Hall–Kier alpha value is 0.199. The molecule has 4 N–H and O–H groups in total. The average Bonchev–Trinajstić information content (AvgIpc) is 0. The van der Waals surface area contributed by atoms with E-state index in [1.165, 1.54) is 0 Å². The van der Waals surface area contributed by atoms with Crippen molar-refractivity contribution >= 4 is 0 Å². The summed E-state index contributed by atoms with van der Waals surface area (Å²) < 4.78 is 0. The molecule has 0 aliphatic carbocycles. The van der Waals surface area contributed by atoms with Gasteiger partial charge in [0.25, 0.3) is 0 Å². The van der Waals surface area contributed by atoms with Crippen LogP contribution in [0, 0.1) is 0 Å². The van der Waals surface area contributed by atoms with Crippen LogP contribution in [0.2, 0.25) is 0 Å². The van der Waals surface area contributed by atoms with E-state index in [0.717, 1.165) is 0 Å². The second-order valence-electron chi connectivity index (χ2n) is 0. The van der Waals surface area contributed by atoms with E-state index in [1.54, 1.807) is 0 Å². The normalized spacial score (nSPS) is 0. The topological polar surface area (TPSA) is 36.5 Å². The SMILES string of the molecule is [F-].[F-].[F-].[F-].[Fe+3].[NH4+]. The van der Waals surface area contributed by atoms with Crippen LogP contribution in [0.5, 0.6) is 0 Å². The zero-order valence-electron chi connectivity index (χ0n) is 2.87. The zero-order valence-corrected chi connectivity index (χ0v) is 3.97. The molecule has 6 heteroatoms. The third-order valence-electron chi connectivity index (χ3n) is 0. The summed E-state index contributed by atoms with van der Waals surface area (Å²) in [6, 6.07) is 0. The molecule has 0 saturated carbocycles. The van der Waals surface area contributed by atoms with Gasteiger partial charge in [-0.1, -0.05) is 0 Å². The molecule has 0 aromatic heterocycles. The van der Waals surface area contributed by atoms with Gasteiger partial charge in [-0.05, 0) is 0 Å². The molecule has 0 aliphatic heterocycles. The summed E-state index contributed by atoms with van der Waals surface area (Å²) in [6.45, 7) is 0. The molecule has 6 heavy (non-hydrogen) atoms. The third-order valence-corrected chi connectivity index (χ3v) is 0. The van der Waals surface area contributed by atoms with Crippen molar-refractivity contribution in [3.8, 4) is 0 Å². The van der Waals surface area contributed by atoms with Crippen molar-refractivity contribution in [3.05, 3.63) is 0 Å². The molecule has 0 spiro atoms. The second kappa shape index (κ2) is 2300. The fraction of sp³-hybridized carbons (Fsp3) is 0. The smallest absolute Gasteiger partial charge is 1.00 e. The van der Waals surface area contributed by atoms with Gasteiger partial charge >= 0.3 is 17.1 Å². The second-order valence-corrected chi connectivity index (χ2v) is 0. The zero-order chi connectivity index (χ0) is 0. The summed E-state index contributed by atoms with van der Waals surface area (Å²) in [6.07, 6.45) is 0. The van der Waals surface area contributed by atoms with Crippen LogP contribution in [0.15, 0.2) is 0 Å². The Kier molecular flexibility index (Phi) is 1620000. The molecular formula is H4F4FeN. The van der Waals surface area contributed by atoms with E-state index in [-0.39, 0.29) is 42.0 Å². The van der Waals surface area contributed by atoms with Crippen LogP contribution in [0.25, 0.3) is 0 Å². The van der Waals surface area contributed by atoms with Crippen molar-refractivity contribution in [2.45, 2.75) is 0 Å². The van der Waals surface area contributed by atoms with Crippen LogP contribution in [0.1, 0.15) is 0 Å². The van der Waals surface area contributed by atoms with Crippen LogP contribution < -0.4 is 25.0 Å². The molecule has 0 unspecified atom stereocenters. The van der Waals surface area contributed by atoms with E-state index in [2.05, 4.69) is 0 Å². The molecule has 0 aliphatic rings. The minimum Gasteiger partial charge on any atom is -1.00 e. The predicted molar refractivity (Wildman–Crippen MR) is 5.98 cm³/mol. The third kappa shape index (κ3) is 1080. The van der Waals surface area contributed by atoms with Gasteiger partial charge in [0.2, 0.25) is 0 Å². The molecule has 0 atom stereocenters. The number of hydrogen-bond acceptors (Lipinski definition) is 0. The van der Waals surface area contributed by atoms with Crippen molar-refractivity contribution in [3.63, 3.8) is 0 Å². The number of hydrogen-bond donors (Lipinski definition) is 1. The van der Waals surface area contributed by atoms with Gasteiger partial charge < -0.3 is 25.0 Å². The van der Waals surface area contributed by atoms with Gasteiger partial charge in [-0.25, -0.2) is 0 Å². The van der Waals surface area contributed by atoms with E-state index >= 15 is 0 Å². The molecular weight excluding hydrogens is 146 g/mol. The Balaban J connectivity index is 0. The number of quaternary nitrogens is 1. The van der Waals surface area contributed by atoms with E-state index in [1.807, 2.05) is 0 Å². The van der Waals surface area contributed by atoms with Gasteiger partial charge in [-0.3, -0.25) is 0 Å². The van der Waals surface area contributed by atoms with E-state index < -0.39 is 0 Å². The van der Waals surface area contributed by atoms with Crippen LogP contribution in [0.4, 0.5) is 0 Å². The fourth-order valence-corrected chi connectivity index (χ4v) is 0. The quantitative estimate of drug-likeness (QED) is 0.263. The predicted octanol–water partition coefficient (Wildman–Crippen LogP) is -11.6. The Bertz CT molecular complexity index is 7.51. The molecule has 0 saturated heterocycles. The summed E-state index contributed by atoms with van der Waals surface area (Å²) in [4.78, 5) is 0. The summed E-state index contributed by atoms with van der Waals surface area (Å²) in [5.41, 5.74) is 0. The molecule has 0 aromatic rings. The molecule has 0 aromatic carbocycles. The molecule has 0 bridgehead atoms. The summed E-state index contributed by atoms with van der Waals surface area (Å²) >= 11 is 0. The molecule has 0 rings (SSSR count). The monoisotopic (exact) mass is 150 g/mol. The van der Waals surface area contributed by atoms with Crippen LogP contribution in [-0.4, -0.2) is 0 Å². The maximum atomic E-state index is 0. The summed E-state index contributed by atoms with van der Waals surface area (Å²) in [5, 5.41) is 0. The van der Waals surface area contributed by atoms with Crippen molar-refractivity contribution in [2.75, 3.05) is 0 Å². The summed E-state index contributed by atoms with van der Waals surface area (Å²) in [5.74, 6) is 0. The first-order valence-electron chi connectivity index (χ1n) is 0. The first-order valence-corrected chi connectivity index (χ1v) is 0. The Labute approximate surface area is 43.0 Å². The van der Waals surface area contributed by atoms with Crippen molar-refractivity contribution in [1.82, 2.24) is 6.15 Å². The minimum atomic E-state index is 0. The molecule has 1 nitrogen and oxygen atoms in total. The Morgan fingerprint density at radius 1 is 0.500 bits per heavy atom. The van der Waals surface area contributed by atoms with Gasteiger partial charge in [0.1, 0.15) is 0 Å². The van der Waals surface area contributed by atoms with Gasteiger partial charge in [0.05, 0.1) is 0 Å². The first kappa shape index (κ1) is 4210. The molecule has 0 heterocycles. The minimum absolute atomic E-state index is 0. The van der Waals surface area contributed by atoms with Crippen LogP contribution in [0.3, 0.4) is 0 Å². The maximum absolute atomic E-state index is 0. The van der Waals surface area contributed by atoms with Gasteiger partial charge in [-0.2, -0.15) is 0 Å². The number of halogens is 4. The van der Waals surface area contributed by atoms with Crippen molar-refractivity contribution in [2.24, 2.45) is 0 Å². The largest absolute Gasteiger partial charge is 3.00 e. The van der Waals surface area contributed by atoms with E-state index in [0.29, 0.717) is 0 Å². The standard InChI is InChI=1S/4FH.Fe.H3N/h4*1H;;1H3/q;;;;+3;/p-3. The first-order chi connectivity index (χ1) is 0. The summed E-state index contributed by atoms with van der Waals surface area (Å²) in [7, 11) is 0. The number of rotatable bonds is 0. The van der Waals surface area contributed by atoms with Gasteiger partial charge in [0.15, 0.2) is 0 Å². The average molecular weight is 150 g/mol. The fourth-order valence-electron chi connectivity index (χ4n) is 0. The Morgan fingerprint density at radius 3 is 0.500 bits per heavy atom. The van der Waals surface area contributed by atoms with Crippen LogP contribution >= 0.6 is 0 Å².